The van der Waals surface area contributed by atoms with E-state index in [9.17, 15) is 14.7 Å². The second kappa shape index (κ2) is 7.27. The minimum atomic E-state index is -1.86. The number of aryl methyl sites for hydroxylation is 2. The number of ketones is 1. The molecule has 0 fully saturated rings. The third-order valence-electron chi connectivity index (χ3n) is 5.64. The molecule has 0 aromatic heterocycles. The maximum Gasteiger partial charge on any atom is 0.264 e. The average Bonchev–Trinajstić information content (AvgIpc) is 2.83. The molecular formula is C25H29NO3. The van der Waals surface area contributed by atoms with Crippen molar-refractivity contribution in [3.05, 3.63) is 76.9 Å². The van der Waals surface area contributed by atoms with Gasteiger partial charge in [0, 0.05) is 17.7 Å². The van der Waals surface area contributed by atoms with Crippen LogP contribution in [0.2, 0.25) is 0 Å². The number of carbonyl (C=O) groups excluding carboxylic acids is 2. The molecule has 29 heavy (non-hydrogen) atoms. The van der Waals surface area contributed by atoms with Crippen molar-refractivity contribution in [2.24, 2.45) is 0 Å². The molecule has 0 unspecified atom stereocenters. The van der Waals surface area contributed by atoms with Crippen LogP contribution in [0.3, 0.4) is 0 Å². The summed E-state index contributed by atoms with van der Waals surface area (Å²) in [6.45, 7) is 14.2. The van der Waals surface area contributed by atoms with Crippen LogP contribution >= 0.6 is 0 Å². The van der Waals surface area contributed by atoms with E-state index in [4.69, 9.17) is 0 Å². The maximum atomic E-state index is 13.3. The Labute approximate surface area is 172 Å². The number of nitrogens with zero attached hydrogens (tertiary/aromatic N) is 1. The van der Waals surface area contributed by atoms with Crippen LogP contribution in [0.25, 0.3) is 0 Å². The van der Waals surface area contributed by atoms with Gasteiger partial charge in [-0.2, -0.15) is 0 Å². The second-order valence-electron chi connectivity index (χ2n) is 8.92. The highest BCUT2D eigenvalue weighted by Gasteiger charge is 2.50. The van der Waals surface area contributed by atoms with Crippen LogP contribution in [0.15, 0.2) is 49.1 Å². The lowest BCUT2D eigenvalue weighted by molar-refractivity contribution is -0.135. The Morgan fingerprint density at radius 3 is 2.31 bits per heavy atom. The number of carbonyl (C=O) groups is 2. The maximum absolute atomic E-state index is 13.3. The number of hydrogen-bond acceptors (Lipinski definition) is 3. The Bertz CT molecular complexity index is 976. The van der Waals surface area contributed by atoms with Gasteiger partial charge in [-0.15, -0.1) is 6.58 Å². The molecule has 1 amide bonds. The molecule has 4 heteroatoms. The minimum Gasteiger partial charge on any atom is -0.375 e. The summed E-state index contributed by atoms with van der Waals surface area (Å²) < 4.78 is 0. The molecule has 0 saturated carbocycles. The first-order valence-corrected chi connectivity index (χ1v) is 9.90. The molecular weight excluding hydrogens is 362 g/mol. The Balaban J connectivity index is 2.01. The van der Waals surface area contributed by atoms with Crippen LogP contribution in [0.5, 0.6) is 0 Å². The molecule has 0 spiro atoms. The number of Topliss-reactive ketones (excluding diaryl/α,β-unsaturated/α-hetero) is 1. The first-order chi connectivity index (χ1) is 13.5. The summed E-state index contributed by atoms with van der Waals surface area (Å²) in [6, 6.07) is 11.1. The Kier molecular flexibility index (Phi) is 5.26. The Hall–Kier alpha value is -2.72. The lowest BCUT2D eigenvalue weighted by Crippen LogP contribution is -2.42. The number of rotatable bonds is 5. The molecule has 2 aromatic rings. The fraction of sp³-hybridized carbons (Fsp3) is 0.360. The third kappa shape index (κ3) is 3.53. The van der Waals surface area contributed by atoms with Gasteiger partial charge in [0.05, 0.1) is 12.1 Å². The average molecular weight is 392 g/mol. The van der Waals surface area contributed by atoms with Crippen molar-refractivity contribution in [2.45, 2.75) is 52.1 Å². The summed E-state index contributed by atoms with van der Waals surface area (Å²) >= 11 is 0. The highest BCUT2D eigenvalue weighted by Crippen LogP contribution is 2.43. The number of para-hydroxylation sites is 1. The van der Waals surface area contributed by atoms with Gasteiger partial charge < -0.3 is 10.0 Å². The molecule has 0 aliphatic carbocycles. The molecule has 1 N–H and O–H groups in total. The molecule has 152 valence electrons. The van der Waals surface area contributed by atoms with E-state index in [2.05, 4.69) is 27.4 Å². The summed E-state index contributed by atoms with van der Waals surface area (Å²) in [5.74, 6) is -0.708. The summed E-state index contributed by atoms with van der Waals surface area (Å²) in [7, 11) is 0. The van der Waals surface area contributed by atoms with Crippen molar-refractivity contribution in [1.82, 2.24) is 0 Å². The molecule has 1 atom stereocenters. The molecule has 3 rings (SSSR count). The van der Waals surface area contributed by atoms with Gasteiger partial charge in [-0.05, 0) is 42.0 Å². The van der Waals surface area contributed by atoms with Crippen LogP contribution in [0.4, 0.5) is 5.69 Å². The number of benzene rings is 2. The van der Waals surface area contributed by atoms with Crippen LogP contribution in [0.1, 0.15) is 59.8 Å². The lowest BCUT2D eigenvalue weighted by Gasteiger charge is -2.24. The smallest absolute Gasteiger partial charge is 0.264 e. The fourth-order valence-electron chi connectivity index (χ4n) is 4.14. The number of amides is 1. The first-order valence-electron chi connectivity index (χ1n) is 9.90. The van der Waals surface area contributed by atoms with Gasteiger partial charge in [-0.25, -0.2) is 0 Å². The SMILES string of the molecule is C=CCN1C(=O)[C@](O)(CC(=O)c2c(C)cc(C(C)(C)C)cc2C)c2ccccc21. The topological polar surface area (TPSA) is 57.6 Å². The van der Waals surface area contributed by atoms with Crippen molar-refractivity contribution < 1.29 is 14.7 Å². The highest BCUT2D eigenvalue weighted by molar-refractivity contribution is 6.11. The number of anilines is 1. The van der Waals surface area contributed by atoms with Crippen LogP contribution in [0, 0.1) is 13.8 Å². The van der Waals surface area contributed by atoms with E-state index >= 15 is 0 Å². The minimum absolute atomic E-state index is 0.0269. The summed E-state index contributed by atoms with van der Waals surface area (Å²) in [4.78, 5) is 27.8. The van der Waals surface area contributed by atoms with E-state index in [1.54, 1.807) is 24.3 Å². The van der Waals surface area contributed by atoms with Gasteiger partial charge >= 0.3 is 0 Å². The largest absolute Gasteiger partial charge is 0.375 e. The predicted molar refractivity (Wildman–Crippen MR) is 116 cm³/mol. The number of aliphatic hydroxyl groups is 1. The van der Waals surface area contributed by atoms with Gasteiger partial charge in [0.2, 0.25) is 0 Å². The second-order valence-corrected chi connectivity index (χ2v) is 8.92. The standard InChI is InChI=1S/C25H29NO3/c1-7-12-26-20-11-9-8-10-19(20)25(29,23(26)28)15-21(27)22-16(2)13-18(14-17(22)3)24(4,5)6/h7-11,13-14,29H,1,12,15H2,2-6H3/t25-/m0/s1. The predicted octanol–water partition coefficient (Wildman–Crippen LogP) is 4.59. The first kappa shape index (κ1) is 21.0. The summed E-state index contributed by atoms with van der Waals surface area (Å²) in [6.07, 6.45) is 1.33. The van der Waals surface area contributed by atoms with Crippen LogP contribution in [-0.4, -0.2) is 23.3 Å². The molecule has 1 aliphatic heterocycles. The Morgan fingerprint density at radius 1 is 1.17 bits per heavy atom. The monoisotopic (exact) mass is 391 g/mol. The van der Waals surface area contributed by atoms with E-state index in [-0.39, 0.29) is 24.2 Å². The molecule has 1 heterocycles. The van der Waals surface area contributed by atoms with E-state index in [1.165, 1.54) is 4.90 Å². The Morgan fingerprint density at radius 2 is 1.76 bits per heavy atom. The normalized spacial score (nSPS) is 18.7. The van der Waals surface area contributed by atoms with Crippen LogP contribution in [-0.2, 0) is 15.8 Å². The summed E-state index contributed by atoms with van der Waals surface area (Å²) in [5, 5.41) is 11.4. The van der Waals surface area contributed by atoms with Gasteiger partial charge in [0.15, 0.2) is 11.4 Å². The zero-order valence-electron chi connectivity index (χ0n) is 17.9. The van der Waals surface area contributed by atoms with Gasteiger partial charge in [0.1, 0.15) is 0 Å². The van der Waals surface area contributed by atoms with E-state index in [0.29, 0.717) is 16.8 Å². The van der Waals surface area contributed by atoms with Crippen LogP contribution < -0.4 is 4.90 Å². The quantitative estimate of drug-likeness (QED) is 0.599. The fourth-order valence-corrected chi connectivity index (χ4v) is 4.14. The van der Waals surface area contributed by atoms with Gasteiger partial charge in [0.25, 0.3) is 5.91 Å². The van der Waals surface area contributed by atoms with Crippen molar-refractivity contribution in [3.8, 4) is 0 Å². The zero-order chi connectivity index (χ0) is 21.6. The van der Waals surface area contributed by atoms with E-state index in [0.717, 1.165) is 16.7 Å². The van der Waals surface area contributed by atoms with Gasteiger partial charge in [-0.1, -0.05) is 57.2 Å². The molecule has 4 nitrogen and oxygen atoms in total. The lowest BCUT2D eigenvalue weighted by atomic mass is 9.81. The molecule has 2 aromatic carbocycles. The van der Waals surface area contributed by atoms with E-state index < -0.39 is 11.5 Å². The summed E-state index contributed by atoms with van der Waals surface area (Å²) in [5.41, 5.74) is 2.68. The van der Waals surface area contributed by atoms with Crippen molar-refractivity contribution >= 4 is 17.4 Å². The van der Waals surface area contributed by atoms with Gasteiger partial charge in [-0.3, -0.25) is 9.59 Å². The van der Waals surface area contributed by atoms with E-state index in [1.807, 2.05) is 32.0 Å². The molecule has 0 saturated heterocycles. The highest BCUT2D eigenvalue weighted by atomic mass is 16.3. The molecule has 0 radical (unpaired) electrons. The zero-order valence-corrected chi connectivity index (χ0v) is 17.9. The number of hydrogen-bond donors (Lipinski definition) is 1. The van der Waals surface area contributed by atoms with Crippen molar-refractivity contribution in [3.63, 3.8) is 0 Å². The van der Waals surface area contributed by atoms with Crippen molar-refractivity contribution in [2.75, 3.05) is 11.4 Å². The van der Waals surface area contributed by atoms with Crippen molar-refractivity contribution in [1.29, 1.82) is 0 Å². The number of fused-ring (bicyclic) bond motifs is 1. The molecule has 0 bridgehead atoms. The molecule has 1 aliphatic rings. The third-order valence-corrected chi connectivity index (χ3v) is 5.64.